The highest BCUT2D eigenvalue weighted by atomic mass is 16.5. The van der Waals surface area contributed by atoms with Gasteiger partial charge in [0.25, 0.3) is 0 Å². The second-order valence-electron chi connectivity index (χ2n) is 6.74. The second kappa shape index (κ2) is 9.26. The van der Waals surface area contributed by atoms with E-state index >= 15 is 0 Å². The highest BCUT2D eigenvalue weighted by Gasteiger charge is 2.22. The van der Waals surface area contributed by atoms with Crippen LogP contribution in [0.25, 0.3) is 10.9 Å². The number of hydrogen-bond acceptors (Lipinski definition) is 6. The summed E-state index contributed by atoms with van der Waals surface area (Å²) in [4.78, 5) is 40.2. The number of carbonyl (C=O) groups excluding carboxylic acids is 3. The van der Waals surface area contributed by atoms with E-state index in [1.807, 2.05) is 24.3 Å². The number of esters is 1. The van der Waals surface area contributed by atoms with Gasteiger partial charge in [0.15, 0.2) is 23.4 Å². The number of ketones is 2. The lowest BCUT2D eigenvalue weighted by Crippen LogP contribution is -2.24. The van der Waals surface area contributed by atoms with Crippen molar-refractivity contribution in [1.82, 2.24) is 4.98 Å². The van der Waals surface area contributed by atoms with Crippen molar-refractivity contribution >= 4 is 28.4 Å². The Morgan fingerprint density at radius 2 is 1.70 bits per heavy atom. The number of nitrogens with one attached hydrogen (secondary N) is 1. The zero-order valence-electron chi connectivity index (χ0n) is 17.1. The van der Waals surface area contributed by atoms with Gasteiger partial charge < -0.3 is 19.2 Å². The van der Waals surface area contributed by atoms with E-state index in [1.54, 1.807) is 24.4 Å². The number of carbonyl (C=O) groups is 3. The van der Waals surface area contributed by atoms with Crippen molar-refractivity contribution in [3.63, 3.8) is 0 Å². The quantitative estimate of drug-likeness (QED) is 0.425. The standard InChI is InChI=1S/C23H23NO6/c1-14(23(27)17-13-24-18-7-5-4-6-16(17)18)30-22(26)11-9-19(25)15-8-10-20(28-2)21(12-15)29-3/h4-8,10,12-14,24H,9,11H2,1-3H3/t14-/m0/s1. The molecule has 0 spiro atoms. The summed E-state index contributed by atoms with van der Waals surface area (Å²) in [5, 5.41) is 0.772. The molecule has 1 atom stereocenters. The molecule has 0 saturated heterocycles. The average Bonchev–Trinajstić information content (AvgIpc) is 3.20. The third-order valence-corrected chi connectivity index (χ3v) is 4.79. The predicted molar refractivity (Wildman–Crippen MR) is 111 cm³/mol. The molecule has 1 heterocycles. The van der Waals surface area contributed by atoms with Crippen molar-refractivity contribution in [3.05, 3.63) is 59.8 Å². The summed E-state index contributed by atoms with van der Waals surface area (Å²) >= 11 is 0. The molecule has 3 aromatic rings. The summed E-state index contributed by atoms with van der Waals surface area (Å²) in [7, 11) is 2.99. The van der Waals surface area contributed by atoms with Crippen molar-refractivity contribution in [2.45, 2.75) is 25.9 Å². The van der Waals surface area contributed by atoms with Gasteiger partial charge in [-0.15, -0.1) is 0 Å². The molecule has 0 radical (unpaired) electrons. The third kappa shape index (κ3) is 4.51. The van der Waals surface area contributed by atoms with Crippen LogP contribution in [0.3, 0.4) is 0 Å². The Kier molecular flexibility index (Phi) is 6.51. The van der Waals surface area contributed by atoms with Crippen LogP contribution in [-0.4, -0.2) is 42.8 Å². The summed E-state index contributed by atoms with van der Waals surface area (Å²) in [6.45, 7) is 1.53. The molecule has 0 saturated carbocycles. The molecule has 0 aliphatic rings. The fraction of sp³-hybridized carbons (Fsp3) is 0.261. The molecule has 1 N–H and O–H groups in total. The zero-order chi connectivity index (χ0) is 21.7. The molecule has 3 rings (SSSR count). The maximum absolute atomic E-state index is 12.7. The summed E-state index contributed by atoms with van der Waals surface area (Å²) in [5.41, 5.74) is 1.70. The van der Waals surface area contributed by atoms with Gasteiger partial charge in [0.2, 0.25) is 5.78 Å². The highest BCUT2D eigenvalue weighted by Crippen LogP contribution is 2.28. The van der Waals surface area contributed by atoms with Crippen LogP contribution < -0.4 is 9.47 Å². The van der Waals surface area contributed by atoms with Crippen LogP contribution in [0.2, 0.25) is 0 Å². The van der Waals surface area contributed by atoms with Crippen LogP contribution in [-0.2, 0) is 9.53 Å². The Balaban J connectivity index is 1.57. The molecule has 2 aromatic carbocycles. The van der Waals surface area contributed by atoms with Crippen molar-refractivity contribution < 1.29 is 28.6 Å². The number of methoxy groups -OCH3 is 2. The normalized spacial score (nSPS) is 11.7. The van der Waals surface area contributed by atoms with Crippen LogP contribution >= 0.6 is 0 Å². The van der Waals surface area contributed by atoms with Crippen LogP contribution in [0, 0.1) is 0 Å². The van der Waals surface area contributed by atoms with Crippen LogP contribution in [0.1, 0.15) is 40.5 Å². The van der Waals surface area contributed by atoms with Gasteiger partial charge in [-0.2, -0.15) is 0 Å². The highest BCUT2D eigenvalue weighted by molar-refractivity contribution is 6.10. The molecule has 156 valence electrons. The number of aromatic amines is 1. The molecule has 0 aliphatic carbocycles. The fourth-order valence-electron chi connectivity index (χ4n) is 3.17. The van der Waals surface area contributed by atoms with Gasteiger partial charge in [0.1, 0.15) is 0 Å². The predicted octanol–water partition coefficient (Wildman–Crippen LogP) is 3.96. The van der Waals surface area contributed by atoms with Gasteiger partial charge in [-0.3, -0.25) is 14.4 Å². The van der Waals surface area contributed by atoms with E-state index in [0.717, 1.165) is 10.9 Å². The number of H-pyrrole nitrogens is 1. The fourth-order valence-corrected chi connectivity index (χ4v) is 3.17. The largest absolute Gasteiger partial charge is 0.493 e. The van der Waals surface area contributed by atoms with Gasteiger partial charge in [-0.25, -0.2) is 0 Å². The summed E-state index contributed by atoms with van der Waals surface area (Å²) in [6, 6.07) is 12.2. The molecule has 1 aromatic heterocycles. The topological polar surface area (TPSA) is 94.7 Å². The van der Waals surface area contributed by atoms with Crippen LogP contribution in [0.4, 0.5) is 0 Å². The average molecular weight is 409 g/mol. The van der Waals surface area contributed by atoms with Gasteiger partial charge in [-0.1, -0.05) is 18.2 Å². The minimum atomic E-state index is -0.951. The maximum atomic E-state index is 12.7. The first-order valence-corrected chi connectivity index (χ1v) is 9.49. The molecule has 0 fully saturated rings. The van der Waals surface area contributed by atoms with Crippen molar-refractivity contribution in [2.24, 2.45) is 0 Å². The summed E-state index contributed by atoms with van der Waals surface area (Å²) in [5.74, 6) is -0.193. The molecule has 0 aliphatic heterocycles. The lowest BCUT2D eigenvalue weighted by molar-refractivity contribution is -0.146. The molecule has 0 bridgehead atoms. The molecule has 30 heavy (non-hydrogen) atoms. The first-order valence-electron chi connectivity index (χ1n) is 9.49. The number of ether oxygens (including phenoxy) is 3. The number of aromatic nitrogens is 1. The van der Waals surface area contributed by atoms with E-state index in [0.29, 0.717) is 22.6 Å². The molecule has 0 amide bonds. The van der Waals surface area contributed by atoms with Crippen LogP contribution in [0.15, 0.2) is 48.7 Å². The molecular formula is C23H23NO6. The van der Waals surface area contributed by atoms with Crippen molar-refractivity contribution in [3.8, 4) is 11.5 Å². The van der Waals surface area contributed by atoms with Gasteiger partial charge in [-0.05, 0) is 31.2 Å². The number of Topliss-reactive ketones (excluding diaryl/α,β-unsaturated/α-hetero) is 2. The van der Waals surface area contributed by atoms with E-state index in [9.17, 15) is 14.4 Å². The van der Waals surface area contributed by atoms with E-state index in [-0.39, 0.29) is 24.4 Å². The Morgan fingerprint density at radius 3 is 2.43 bits per heavy atom. The number of hydrogen-bond donors (Lipinski definition) is 1. The first kappa shape index (κ1) is 21.1. The molecule has 7 nitrogen and oxygen atoms in total. The number of para-hydroxylation sites is 1. The van der Waals surface area contributed by atoms with E-state index in [4.69, 9.17) is 14.2 Å². The second-order valence-corrected chi connectivity index (χ2v) is 6.74. The van der Waals surface area contributed by atoms with Gasteiger partial charge in [0.05, 0.1) is 20.6 Å². The lowest BCUT2D eigenvalue weighted by atomic mass is 10.1. The SMILES string of the molecule is COc1ccc(C(=O)CCC(=O)O[C@@H](C)C(=O)c2c[nH]c3ccccc23)cc1OC. The smallest absolute Gasteiger partial charge is 0.306 e. The minimum absolute atomic E-state index is 0.0394. The Morgan fingerprint density at radius 1 is 0.967 bits per heavy atom. The monoisotopic (exact) mass is 409 g/mol. The van der Waals surface area contributed by atoms with Gasteiger partial charge in [0, 0.05) is 34.6 Å². The molecular weight excluding hydrogens is 386 g/mol. The number of fused-ring (bicyclic) bond motifs is 1. The zero-order valence-corrected chi connectivity index (χ0v) is 17.1. The first-order chi connectivity index (χ1) is 14.4. The van der Waals surface area contributed by atoms with Gasteiger partial charge >= 0.3 is 5.97 Å². The molecule has 0 unspecified atom stereocenters. The van der Waals surface area contributed by atoms with Crippen molar-refractivity contribution in [1.29, 1.82) is 0 Å². The lowest BCUT2D eigenvalue weighted by Gasteiger charge is -2.12. The minimum Gasteiger partial charge on any atom is -0.493 e. The summed E-state index contributed by atoms with van der Waals surface area (Å²) < 4.78 is 15.6. The van der Waals surface area contributed by atoms with Crippen molar-refractivity contribution in [2.75, 3.05) is 14.2 Å². The van der Waals surface area contributed by atoms with Crippen LogP contribution in [0.5, 0.6) is 11.5 Å². The number of rotatable bonds is 9. The Hall–Kier alpha value is -3.61. The Bertz CT molecular complexity index is 1080. The third-order valence-electron chi connectivity index (χ3n) is 4.79. The Labute approximate surface area is 173 Å². The summed E-state index contributed by atoms with van der Waals surface area (Å²) in [6.07, 6.45) is 0.492. The maximum Gasteiger partial charge on any atom is 0.306 e. The van der Waals surface area contributed by atoms with E-state index in [1.165, 1.54) is 21.1 Å². The van der Waals surface area contributed by atoms with E-state index < -0.39 is 12.1 Å². The number of benzene rings is 2. The molecule has 7 heteroatoms. The van der Waals surface area contributed by atoms with E-state index in [2.05, 4.69) is 4.98 Å².